The van der Waals surface area contributed by atoms with Gasteiger partial charge in [0.25, 0.3) is 0 Å². The van der Waals surface area contributed by atoms with E-state index in [1.807, 2.05) is 0 Å². The van der Waals surface area contributed by atoms with Crippen LogP contribution < -0.4 is 0 Å². The second-order valence-electron chi connectivity index (χ2n) is 16.1. The van der Waals surface area contributed by atoms with Crippen molar-refractivity contribution >= 4 is 135 Å². The van der Waals surface area contributed by atoms with Crippen LogP contribution in [0.5, 0.6) is 0 Å². The molecule has 6 heterocycles. The van der Waals surface area contributed by atoms with Gasteiger partial charge in [0.2, 0.25) is 5.95 Å². The van der Waals surface area contributed by atoms with Gasteiger partial charge in [-0.2, -0.15) is 4.98 Å². The molecule has 0 N–H and O–H groups in total. The predicted molar refractivity (Wildman–Crippen MR) is 253 cm³/mol. The highest BCUT2D eigenvalue weighted by Gasteiger charge is 2.27. The van der Waals surface area contributed by atoms with Crippen molar-refractivity contribution in [3.05, 3.63) is 176 Å². The van der Waals surface area contributed by atoms with E-state index in [9.17, 15) is 0 Å². The first kappa shape index (κ1) is 31.2. The summed E-state index contributed by atoms with van der Waals surface area (Å²) in [5, 5.41) is 16.0. The maximum atomic E-state index is 5.77. The topological polar surface area (TPSA) is 40.0 Å². The third-order valence-electron chi connectivity index (χ3n) is 13.1. The molecule has 6 heteroatoms. The van der Waals surface area contributed by atoms with Gasteiger partial charge in [0, 0.05) is 53.2 Å². The van der Waals surface area contributed by atoms with Crippen molar-refractivity contribution in [2.24, 2.45) is 0 Å². The van der Waals surface area contributed by atoms with E-state index in [0.717, 1.165) is 43.5 Å². The molecule has 276 valence electrons. The normalized spacial score (nSPS) is 12.7. The molecule has 0 aliphatic heterocycles. The zero-order chi connectivity index (χ0) is 38.8. The van der Waals surface area contributed by atoms with Crippen molar-refractivity contribution in [3.63, 3.8) is 0 Å². The molecule has 6 aromatic heterocycles. The van der Waals surface area contributed by atoms with Crippen molar-refractivity contribution in [1.82, 2.24) is 23.5 Å². The standard InChI is InChI=1S/C54H29N5S/c1-2-15-32-28-44-38(27-31(32)14-1)39-29-45-48(49-36-19-7-9-21-40(36)57(44)51(39)49)35-18-6-10-22-41(35)58(45)53-52-50(37-20-8-12-24-46(37)60-52)55-54(56-53)59-42-23-11-5-17-34(42)47-33-16-4-3-13-30(33)25-26-43(47)59/h1-29H. The Labute approximate surface area is 344 Å². The summed E-state index contributed by atoms with van der Waals surface area (Å²) in [4.78, 5) is 11.3. The quantitative estimate of drug-likeness (QED) is 0.175. The minimum Gasteiger partial charge on any atom is -0.308 e. The molecule has 0 saturated heterocycles. The monoisotopic (exact) mass is 779 g/mol. The van der Waals surface area contributed by atoms with Crippen molar-refractivity contribution in [3.8, 4) is 11.8 Å². The van der Waals surface area contributed by atoms with Crippen LogP contribution >= 0.6 is 11.3 Å². The Bertz CT molecular complexity index is 4370. The fourth-order valence-corrected chi connectivity index (χ4v) is 11.8. The van der Waals surface area contributed by atoms with E-state index in [-0.39, 0.29) is 0 Å². The Morgan fingerprint density at radius 2 is 0.983 bits per heavy atom. The van der Waals surface area contributed by atoms with Crippen LogP contribution in [0.15, 0.2) is 176 Å². The minimum absolute atomic E-state index is 0.660. The predicted octanol–water partition coefficient (Wildman–Crippen LogP) is 14.5. The first-order valence-corrected chi connectivity index (χ1v) is 21.2. The van der Waals surface area contributed by atoms with Gasteiger partial charge in [-0.3, -0.25) is 9.13 Å². The summed E-state index contributed by atoms with van der Waals surface area (Å²) in [7, 11) is 0. The Hall–Kier alpha value is -7.80. The molecule has 0 spiro atoms. The van der Waals surface area contributed by atoms with Crippen LogP contribution in [0.1, 0.15) is 0 Å². The molecule has 60 heavy (non-hydrogen) atoms. The molecule has 0 aliphatic carbocycles. The molecule has 0 radical (unpaired) electrons. The average Bonchev–Trinajstić information content (AvgIpc) is 4.10. The lowest BCUT2D eigenvalue weighted by molar-refractivity contribution is 0.977. The van der Waals surface area contributed by atoms with Gasteiger partial charge in [0.05, 0.1) is 48.8 Å². The second kappa shape index (κ2) is 11.0. The smallest absolute Gasteiger partial charge is 0.237 e. The Morgan fingerprint density at radius 1 is 0.367 bits per heavy atom. The van der Waals surface area contributed by atoms with E-state index < -0.39 is 0 Å². The summed E-state index contributed by atoms with van der Waals surface area (Å²) < 4.78 is 9.50. The molecule has 0 saturated carbocycles. The Morgan fingerprint density at radius 3 is 1.78 bits per heavy atom. The fourth-order valence-electron chi connectivity index (χ4n) is 10.7. The van der Waals surface area contributed by atoms with E-state index >= 15 is 0 Å². The first-order valence-electron chi connectivity index (χ1n) is 20.4. The molecular weight excluding hydrogens is 751 g/mol. The molecule has 0 amide bonds. The largest absolute Gasteiger partial charge is 0.308 e. The summed E-state index contributed by atoms with van der Waals surface area (Å²) in [6, 6.07) is 64.3. The molecule has 0 fully saturated rings. The van der Waals surface area contributed by atoms with Gasteiger partial charge >= 0.3 is 0 Å². The van der Waals surface area contributed by atoms with E-state index in [0.29, 0.717) is 5.95 Å². The molecule has 0 bridgehead atoms. The maximum absolute atomic E-state index is 5.77. The van der Waals surface area contributed by atoms with Crippen LogP contribution in [-0.2, 0) is 0 Å². The van der Waals surface area contributed by atoms with E-state index in [4.69, 9.17) is 9.97 Å². The van der Waals surface area contributed by atoms with Gasteiger partial charge in [-0.15, -0.1) is 11.3 Å². The molecule has 0 aliphatic rings. The SMILES string of the molecule is c1ccc2cc3c(cc2c1)c1cc2c(c4ccccc4n2-c2nc(-n4c5ccccc5c5c6ccccc6ccc54)nc4c2sc2ccccc24)c2c4ccccc4n3c12. The third kappa shape index (κ3) is 3.78. The van der Waals surface area contributed by atoms with Crippen LogP contribution in [0.4, 0.5) is 0 Å². The fraction of sp³-hybridized carbons (Fsp3) is 0. The number of thiophene rings is 1. The lowest BCUT2D eigenvalue weighted by Crippen LogP contribution is -2.06. The van der Waals surface area contributed by atoms with Gasteiger partial charge in [-0.1, -0.05) is 127 Å². The van der Waals surface area contributed by atoms with E-state index in [1.165, 1.54) is 85.9 Å². The highest BCUT2D eigenvalue weighted by molar-refractivity contribution is 7.26. The van der Waals surface area contributed by atoms with Gasteiger partial charge < -0.3 is 4.40 Å². The van der Waals surface area contributed by atoms with Crippen LogP contribution in [-0.4, -0.2) is 23.5 Å². The zero-order valence-electron chi connectivity index (χ0n) is 31.9. The molecule has 0 unspecified atom stereocenters. The van der Waals surface area contributed by atoms with Crippen molar-refractivity contribution < 1.29 is 0 Å². The van der Waals surface area contributed by atoms with Crippen molar-refractivity contribution in [2.75, 3.05) is 0 Å². The molecule has 15 aromatic rings. The van der Waals surface area contributed by atoms with Gasteiger partial charge in [-0.05, 0) is 70.1 Å². The number of benzene rings is 9. The number of hydrogen-bond donors (Lipinski definition) is 0. The Kier molecular flexibility index (Phi) is 5.74. The summed E-state index contributed by atoms with van der Waals surface area (Å²) in [6.45, 7) is 0. The minimum atomic E-state index is 0.660. The summed E-state index contributed by atoms with van der Waals surface area (Å²) in [5.41, 5.74) is 9.13. The molecular formula is C54H29N5S. The number of nitrogens with zero attached hydrogens (tertiary/aromatic N) is 5. The summed E-state index contributed by atoms with van der Waals surface area (Å²) in [6.07, 6.45) is 0. The van der Waals surface area contributed by atoms with Crippen LogP contribution in [0, 0.1) is 0 Å². The van der Waals surface area contributed by atoms with Crippen LogP contribution in [0.25, 0.3) is 135 Å². The average molecular weight is 780 g/mol. The highest BCUT2D eigenvalue weighted by Crippen LogP contribution is 2.48. The molecule has 0 atom stereocenters. The number of para-hydroxylation sites is 3. The first-order chi connectivity index (χ1) is 29.8. The van der Waals surface area contributed by atoms with E-state index in [2.05, 4.69) is 189 Å². The number of aromatic nitrogens is 5. The zero-order valence-corrected chi connectivity index (χ0v) is 32.7. The van der Waals surface area contributed by atoms with Crippen LogP contribution in [0.2, 0.25) is 0 Å². The summed E-state index contributed by atoms with van der Waals surface area (Å²) >= 11 is 1.78. The van der Waals surface area contributed by atoms with Gasteiger partial charge in [0.15, 0.2) is 5.82 Å². The molecule has 9 aromatic carbocycles. The Balaban J connectivity index is 1.16. The number of fused-ring (bicyclic) bond motifs is 19. The third-order valence-corrected chi connectivity index (χ3v) is 14.3. The summed E-state index contributed by atoms with van der Waals surface area (Å²) in [5.74, 6) is 1.55. The van der Waals surface area contributed by atoms with Gasteiger partial charge in [0.1, 0.15) is 0 Å². The molecule has 5 nitrogen and oxygen atoms in total. The van der Waals surface area contributed by atoms with Crippen molar-refractivity contribution in [2.45, 2.75) is 0 Å². The highest BCUT2D eigenvalue weighted by atomic mass is 32.1. The van der Waals surface area contributed by atoms with E-state index in [1.54, 1.807) is 11.3 Å². The lowest BCUT2D eigenvalue weighted by atomic mass is 10.0. The number of hydrogen-bond acceptors (Lipinski definition) is 3. The number of rotatable bonds is 2. The van der Waals surface area contributed by atoms with Gasteiger partial charge in [-0.25, -0.2) is 4.98 Å². The van der Waals surface area contributed by atoms with Crippen molar-refractivity contribution in [1.29, 1.82) is 0 Å². The van der Waals surface area contributed by atoms with Crippen LogP contribution in [0.3, 0.4) is 0 Å². The second-order valence-corrected chi connectivity index (χ2v) is 17.2. The lowest BCUT2D eigenvalue weighted by Gasteiger charge is -2.13. The molecule has 15 rings (SSSR count). The maximum Gasteiger partial charge on any atom is 0.237 e.